The SMILES string of the molecule is c1ncc(CN2CCc3ccc(-c4cn[nH]c4)cc32)[nH]1. The van der Waals surface area contributed by atoms with Crippen LogP contribution in [0.5, 0.6) is 0 Å². The number of aromatic amines is 2. The molecule has 20 heavy (non-hydrogen) atoms. The average Bonchev–Trinajstić information content (AvgIpc) is 3.20. The van der Waals surface area contributed by atoms with Crippen molar-refractivity contribution in [1.29, 1.82) is 0 Å². The zero-order valence-corrected chi connectivity index (χ0v) is 11.0. The van der Waals surface area contributed by atoms with E-state index in [9.17, 15) is 0 Å². The molecular formula is C15H15N5. The van der Waals surface area contributed by atoms with Gasteiger partial charge in [0.1, 0.15) is 0 Å². The highest BCUT2D eigenvalue weighted by molar-refractivity contribution is 5.71. The van der Waals surface area contributed by atoms with Crippen LogP contribution in [-0.2, 0) is 13.0 Å². The average molecular weight is 265 g/mol. The number of nitrogens with one attached hydrogen (secondary N) is 2. The molecule has 0 unspecified atom stereocenters. The molecule has 2 N–H and O–H groups in total. The number of benzene rings is 1. The van der Waals surface area contributed by atoms with Crippen LogP contribution in [0.25, 0.3) is 11.1 Å². The summed E-state index contributed by atoms with van der Waals surface area (Å²) in [5.41, 5.74) is 6.21. The molecule has 0 fully saturated rings. The quantitative estimate of drug-likeness (QED) is 0.764. The summed E-state index contributed by atoms with van der Waals surface area (Å²) < 4.78 is 0. The Morgan fingerprint density at radius 1 is 1.20 bits per heavy atom. The van der Waals surface area contributed by atoms with Crippen molar-refractivity contribution in [3.8, 4) is 11.1 Å². The molecule has 0 atom stereocenters. The van der Waals surface area contributed by atoms with Crippen molar-refractivity contribution in [1.82, 2.24) is 20.2 Å². The molecule has 0 aliphatic carbocycles. The summed E-state index contributed by atoms with van der Waals surface area (Å²) in [6, 6.07) is 6.65. The molecule has 3 heterocycles. The Bertz CT molecular complexity index is 700. The number of hydrogen-bond donors (Lipinski definition) is 2. The Labute approximate surface area is 116 Å². The van der Waals surface area contributed by atoms with E-state index in [2.05, 4.69) is 43.3 Å². The van der Waals surface area contributed by atoms with Gasteiger partial charge in [-0.25, -0.2) is 4.98 Å². The number of aromatic nitrogens is 4. The molecule has 3 aromatic rings. The van der Waals surface area contributed by atoms with E-state index in [1.165, 1.54) is 16.8 Å². The van der Waals surface area contributed by atoms with Crippen LogP contribution in [0.1, 0.15) is 11.3 Å². The zero-order chi connectivity index (χ0) is 13.4. The van der Waals surface area contributed by atoms with Gasteiger partial charge < -0.3 is 9.88 Å². The Kier molecular flexibility index (Phi) is 2.55. The van der Waals surface area contributed by atoms with Crippen LogP contribution in [0, 0.1) is 0 Å². The topological polar surface area (TPSA) is 60.6 Å². The zero-order valence-electron chi connectivity index (χ0n) is 11.0. The summed E-state index contributed by atoms with van der Waals surface area (Å²) in [5.74, 6) is 0. The van der Waals surface area contributed by atoms with Gasteiger partial charge in [-0.15, -0.1) is 0 Å². The number of fused-ring (bicyclic) bond motifs is 1. The van der Waals surface area contributed by atoms with Crippen molar-refractivity contribution in [2.45, 2.75) is 13.0 Å². The number of hydrogen-bond acceptors (Lipinski definition) is 3. The highest BCUT2D eigenvalue weighted by Gasteiger charge is 2.20. The van der Waals surface area contributed by atoms with Gasteiger partial charge in [-0.2, -0.15) is 5.10 Å². The van der Waals surface area contributed by atoms with Gasteiger partial charge in [0.2, 0.25) is 0 Å². The predicted octanol–water partition coefficient (Wildman–Crippen LogP) is 2.36. The molecule has 0 amide bonds. The second kappa shape index (κ2) is 4.52. The van der Waals surface area contributed by atoms with E-state index in [4.69, 9.17) is 0 Å². The van der Waals surface area contributed by atoms with Gasteiger partial charge in [0.05, 0.1) is 24.8 Å². The maximum atomic E-state index is 4.08. The molecule has 5 heteroatoms. The minimum Gasteiger partial charge on any atom is -0.365 e. The van der Waals surface area contributed by atoms with E-state index in [1.807, 2.05) is 18.6 Å². The Hall–Kier alpha value is -2.56. The lowest BCUT2D eigenvalue weighted by Gasteiger charge is -2.19. The van der Waals surface area contributed by atoms with E-state index in [-0.39, 0.29) is 0 Å². The largest absolute Gasteiger partial charge is 0.365 e. The van der Waals surface area contributed by atoms with Gasteiger partial charge >= 0.3 is 0 Å². The first-order valence-corrected chi connectivity index (χ1v) is 6.74. The van der Waals surface area contributed by atoms with Crippen LogP contribution >= 0.6 is 0 Å². The van der Waals surface area contributed by atoms with Gasteiger partial charge in [-0.3, -0.25) is 5.10 Å². The second-order valence-corrected chi connectivity index (χ2v) is 5.08. The maximum absolute atomic E-state index is 4.08. The lowest BCUT2D eigenvalue weighted by Crippen LogP contribution is -2.19. The van der Waals surface area contributed by atoms with E-state index < -0.39 is 0 Å². The lowest BCUT2D eigenvalue weighted by atomic mass is 10.1. The number of imidazole rings is 1. The standard InChI is InChI=1S/C15H15N5/c1-2-12(13-6-18-19-7-13)5-15-11(1)3-4-20(15)9-14-8-16-10-17-14/h1-2,5-8,10H,3-4,9H2,(H,16,17)(H,18,19). The molecule has 0 radical (unpaired) electrons. The molecule has 100 valence electrons. The second-order valence-electron chi connectivity index (χ2n) is 5.08. The number of H-pyrrole nitrogens is 2. The Morgan fingerprint density at radius 2 is 2.20 bits per heavy atom. The normalized spacial score (nSPS) is 13.7. The molecule has 1 aliphatic rings. The summed E-state index contributed by atoms with van der Waals surface area (Å²) in [4.78, 5) is 9.65. The summed E-state index contributed by atoms with van der Waals surface area (Å²) in [5, 5.41) is 6.89. The van der Waals surface area contributed by atoms with Gasteiger partial charge in [0, 0.05) is 30.2 Å². The molecule has 0 spiro atoms. The Morgan fingerprint density at radius 3 is 3.00 bits per heavy atom. The fourth-order valence-electron chi connectivity index (χ4n) is 2.77. The maximum Gasteiger partial charge on any atom is 0.0922 e. The molecule has 1 aliphatic heterocycles. The summed E-state index contributed by atoms with van der Waals surface area (Å²) in [6.07, 6.45) is 8.51. The third-order valence-corrected chi connectivity index (χ3v) is 3.82. The monoisotopic (exact) mass is 265 g/mol. The molecule has 5 nitrogen and oxygen atoms in total. The smallest absolute Gasteiger partial charge is 0.0922 e. The van der Waals surface area contributed by atoms with E-state index in [0.717, 1.165) is 30.8 Å². The summed E-state index contributed by atoms with van der Waals surface area (Å²) in [7, 11) is 0. The number of nitrogens with zero attached hydrogens (tertiary/aromatic N) is 3. The molecule has 4 rings (SSSR count). The van der Waals surface area contributed by atoms with Crippen LogP contribution in [0.2, 0.25) is 0 Å². The first kappa shape index (κ1) is 11.3. The van der Waals surface area contributed by atoms with Crippen LogP contribution in [0.4, 0.5) is 5.69 Å². The van der Waals surface area contributed by atoms with Crippen LogP contribution < -0.4 is 4.90 Å². The summed E-state index contributed by atoms with van der Waals surface area (Å²) in [6.45, 7) is 1.94. The molecule has 2 aromatic heterocycles. The minimum atomic E-state index is 0.877. The third-order valence-electron chi connectivity index (χ3n) is 3.82. The van der Waals surface area contributed by atoms with Gasteiger partial charge in [-0.1, -0.05) is 12.1 Å². The first-order valence-electron chi connectivity index (χ1n) is 6.74. The molecular weight excluding hydrogens is 250 g/mol. The van der Waals surface area contributed by atoms with E-state index in [1.54, 1.807) is 6.33 Å². The van der Waals surface area contributed by atoms with Crippen LogP contribution in [0.3, 0.4) is 0 Å². The summed E-state index contributed by atoms with van der Waals surface area (Å²) >= 11 is 0. The molecule has 1 aromatic carbocycles. The highest BCUT2D eigenvalue weighted by Crippen LogP contribution is 2.33. The van der Waals surface area contributed by atoms with Crippen molar-refractivity contribution in [2.24, 2.45) is 0 Å². The predicted molar refractivity (Wildman–Crippen MR) is 77.4 cm³/mol. The molecule has 0 saturated heterocycles. The van der Waals surface area contributed by atoms with Crippen molar-refractivity contribution in [3.05, 3.63) is 54.4 Å². The Balaban J connectivity index is 1.67. The van der Waals surface area contributed by atoms with Crippen LogP contribution in [0.15, 0.2) is 43.1 Å². The minimum absolute atomic E-state index is 0.877. The number of anilines is 1. The van der Waals surface area contributed by atoms with E-state index in [0.29, 0.717) is 0 Å². The lowest BCUT2D eigenvalue weighted by molar-refractivity contribution is 0.819. The number of rotatable bonds is 3. The first-order chi connectivity index (χ1) is 9.90. The van der Waals surface area contributed by atoms with Gasteiger partial charge in [0.15, 0.2) is 0 Å². The van der Waals surface area contributed by atoms with Gasteiger partial charge in [-0.05, 0) is 23.6 Å². The van der Waals surface area contributed by atoms with Crippen molar-refractivity contribution >= 4 is 5.69 Å². The van der Waals surface area contributed by atoms with Crippen molar-refractivity contribution in [3.63, 3.8) is 0 Å². The van der Waals surface area contributed by atoms with Crippen molar-refractivity contribution < 1.29 is 0 Å². The third kappa shape index (κ3) is 1.87. The molecule has 0 saturated carbocycles. The van der Waals surface area contributed by atoms with Crippen LogP contribution in [-0.4, -0.2) is 26.7 Å². The fourth-order valence-corrected chi connectivity index (χ4v) is 2.77. The fraction of sp³-hybridized carbons (Fsp3) is 0.200. The van der Waals surface area contributed by atoms with Gasteiger partial charge in [0.25, 0.3) is 0 Å². The van der Waals surface area contributed by atoms with Crippen molar-refractivity contribution in [2.75, 3.05) is 11.4 Å². The van der Waals surface area contributed by atoms with E-state index >= 15 is 0 Å². The molecule has 0 bridgehead atoms. The highest BCUT2D eigenvalue weighted by atomic mass is 15.2.